The third-order valence-corrected chi connectivity index (χ3v) is 7.87. The number of likely N-dealkylation sites (tertiary alicyclic amines) is 1. The first kappa shape index (κ1) is 23.9. The lowest BCUT2D eigenvalue weighted by Crippen LogP contribution is -2.39. The van der Waals surface area contributed by atoms with Crippen molar-refractivity contribution in [3.63, 3.8) is 0 Å². The van der Waals surface area contributed by atoms with Crippen molar-refractivity contribution >= 4 is 27.1 Å². The molecule has 188 valence electrons. The maximum absolute atomic E-state index is 12.8. The molecule has 1 aromatic carbocycles. The third kappa shape index (κ3) is 5.08. The number of ether oxygens (including phenoxy) is 3. The molecule has 0 radical (unpaired) electrons. The summed E-state index contributed by atoms with van der Waals surface area (Å²) in [6.45, 7) is 5.38. The second-order valence-corrected chi connectivity index (χ2v) is 11.4. The summed E-state index contributed by atoms with van der Waals surface area (Å²) >= 11 is 0. The number of fused-ring (bicyclic) bond motifs is 1. The highest BCUT2D eigenvalue weighted by molar-refractivity contribution is 7.90. The number of benzene rings is 1. The molecular weight excluding hydrogens is 470 g/mol. The van der Waals surface area contributed by atoms with Gasteiger partial charge in [0.1, 0.15) is 24.2 Å². The SMILES string of the molecule is Cc1cc(N2CCOc3ccc(O[C@H]4CCN(C(=O)C5CCCOC5)C4)cc32)cnc1S(C)(=O)=O. The molecule has 4 heterocycles. The highest BCUT2D eigenvalue weighted by Crippen LogP contribution is 2.40. The molecule has 2 atom stereocenters. The second kappa shape index (κ2) is 9.66. The van der Waals surface area contributed by atoms with Gasteiger partial charge in [-0.2, -0.15) is 0 Å². The van der Waals surface area contributed by atoms with E-state index in [-0.39, 0.29) is 23.0 Å². The third-order valence-electron chi connectivity index (χ3n) is 6.74. The molecule has 1 aromatic heterocycles. The monoisotopic (exact) mass is 501 g/mol. The molecule has 3 aliphatic heterocycles. The van der Waals surface area contributed by atoms with Crippen LogP contribution in [0.5, 0.6) is 11.5 Å². The highest BCUT2D eigenvalue weighted by Gasteiger charge is 2.33. The predicted octanol–water partition coefficient (Wildman–Crippen LogP) is 2.73. The van der Waals surface area contributed by atoms with Crippen molar-refractivity contribution in [2.75, 3.05) is 50.6 Å². The first-order valence-corrected chi connectivity index (χ1v) is 13.9. The van der Waals surface area contributed by atoms with Crippen molar-refractivity contribution in [1.82, 2.24) is 9.88 Å². The van der Waals surface area contributed by atoms with Crippen molar-refractivity contribution in [3.8, 4) is 11.5 Å². The minimum Gasteiger partial charge on any atom is -0.490 e. The van der Waals surface area contributed by atoms with Gasteiger partial charge in [-0.1, -0.05) is 0 Å². The van der Waals surface area contributed by atoms with Crippen LogP contribution in [-0.4, -0.2) is 76.0 Å². The molecule has 2 aromatic rings. The summed E-state index contributed by atoms with van der Waals surface area (Å²) in [5.74, 6) is 1.57. The average Bonchev–Trinajstić information content (AvgIpc) is 3.31. The molecule has 0 spiro atoms. The van der Waals surface area contributed by atoms with Crippen LogP contribution in [0.2, 0.25) is 0 Å². The number of aromatic nitrogens is 1. The molecule has 10 heteroatoms. The van der Waals surface area contributed by atoms with Crippen LogP contribution in [0.4, 0.5) is 11.4 Å². The van der Waals surface area contributed by atoms with E-state index in [9.17, 15) is 13.2 Å². The Morgan fingerprint density at radius 2 is 2.03 bits per heavy atom. The molecule has 35 heavy (non-hydrogen) atoms. The topological polar surface area (TPSA) is 98.3 Å². The number of amides is 1. The maximum atomic E-state index is 12.8. The van der Waals surface area contributed by atoms with Crippen LogP contribution in [0, 0.1) is 12.8 Å². The molecule has 2 saturated heterocycles. The van der Waals surface area contributed by atoms with Crippen LogP contribution in [-0.2, 0) is 19.4 Å². The fourth-order valence-corrected chi connectivity index (χ4v) is 5.92. The molecule has 0 aliphatic carbocycles. The van der Waals surface area contributed by atoms with Crippen LogP contribution in [0.3, 0.4) is 0 Å². The fourth-order valence-electron chi connectivity index (χ4n) is 5.03. The highest BCUT2D eigenvalue weighted by atomic mass is 32.2. The number of aryl methyl sites for hydroxylation is 1. The van der Waals surface area contributed by atoms with Crippen molar-refractivity contribution in [2.24, 2.45) is 5.92 Å². The van der Waals surface area contributed by atoms with Gasteiger partial charge in [0.05, 0.1) is 43.2 Å². The first-order valence-electron chi connectivity index (χ1n) is 12.0. The molecule has 1 unspecified atom stereocenters. The summed E-state index contributed by atoms with van der Waals surface area (Å²) in [4.78, 5) is 21.0. The molecule has 3 aliphatic rings. The Labute approximate surface area is 205 Å². The Balaban J connectivity index is 1.31. The molecule has 2 fully saturated rings. The zero-order valence-electron chi connectivity index (χ0n) is 20.1. The molecule has 1 amide bonds. The fraction of sp³-hybridized carbons (Fsp3) is 0.520. The van der Waals surface area contributed by atoms with Crippen molar-refractivity contribution in [2.45, 2.75) is 37.3 Å². The summed E-state index contributed by atoms with van der Waals surface area (Å²) in [7, 11) is -3.39. The summed E-state index contributed by atoms with van der Waals surface area (Å²) < 4.78 is 41.5. The number of nitrogens with zero attached hydrogens (tertiary/aromatic N) is 3. The number of hydrogen-bond acceptors (Lipinski definition) is 8. The van der Waals surface area contributed by atoms with Gasteiger partial charge in [-0.25, -0.2) is 13.4 Å². The van der Waals surface area contributed by atoms with Crippen LogP contribution in [0.15, 0.2) is 35.5 Å². The zero-order valence-corrected chi connectivity index (χ0v) is 20.9. The van der Waals surface area contributed by atoms with Gasteiger partial charge < -0.3 is 24.0 Å². The van der Waals surface area contributed by atoms with Gasteiger partial charge >= 0.3 is 0 Å². The lowest BCUT2D eigenvalue weighted by molar-refractivity contribution is -0.138. The molecule has 0 saturated carbocycles. The largest absolute Gasteiger partial charge is 0.490 e. The van der Waals surface area contributed by atoms with E-state index in [0.717, 1.165) is 49.2 Å². The molecular formula is C25H31N3O6S. The normalized spacial score (nSPS) is 22.5. The smallest absolute Gasteiger partial charge is 0.228 e. The average molecular weight is 502 g/mol. The number of sulfone groups is 1. The number of anilines is 2. The number of rotatable bonds is 5. The van der Waals surface area contributed by atoms with Gasteiger partial charge in [0.15, 0.2) is 14.9 Å². The Morgan fingerprint density at radius 1 is 1.17 bits per heavy atom. The number of pyridine rings is 1. The summed E-state index contributed by atoms with van der Waals surface area (Å²) in [5, 5.41) is 0.0898. The molecule has 9 nitrogen and oxygen atoms in total. The first-order chi connectivity index (χ1) is 16.8. The lowest BCUT2D eigenvalue weighted by atomic mass is 10.0. The van der Waals surface area contributed by atoms with Crippen molar-refractivity contribution in [1.29, 1.82) is 0 Å². The van der Waals surface area contributed by atoms with E-state index in [0.29, 0.717) is 44.2 Å². The quantitative estimate of drug-likeness (QED) is 0.617. The predicted molar refractivity (Wildman–Crippen MR) is 130 cm³/mol. The van der Waals surface area contributed by atoms with Gasteiger partial charge in [-0.15, -0.1) is 0 Å². The van der Waals surface area contributed by atoms with E-state index in [1.54, 1.807) is 13.1 Å². The van der Waals surface area contributed by atoms with Crippen LogP contribution >= 0.6 is 0 Å². The van der Waals surface area contributed by atoms with Gasteiger partial charge in [0, 0.05) is 31.9 Å². The minimum absolute atomic E-state index is 0.0388. The van der Waals surface area contributed by atoms with Gasteiger partial charge in [0.25, 0.3) is 0 Å². The molecule has 5 rings (SSSR count). The Kier molecular flexibility index (Phi) is 6.59. The Hall–Kier alpha value is -2.85. The lowest BCUT2D eigenvalue weighted by Gasteiger charge is -2.32. The van der Waals surface area contributed by atoms with E-state index in [1.165, 1.54) is 0 Å². The molecule has 0 bridgehead atoms. The van der Waals surface area contributed by atoms with Crippen LogP contribution in [0.25, 0.3) is 0 Å². The minimum atomic E-state index is -3.39. The van der Waals surface area contributed by atoms with E-state index < -0.39 is 9.84 Å². The van der Waals surface area contributed by atoms with Gasteiger partial charge in [-0.05, 0) is 43.5 Å². The van der Waals surface area contributed by atoms with Crippen LogP contribution in [0.1, 0.15) is 24.8 Å². The second-order valence-electron chi connectivity index (χ2n) is 9.44. The summed E-state index contributed by atoms with van der Waals surface area (Å²) in [6, 6.07) is 7.55. The number of carbonyl (C=O) groups is 1. The van der Waals surface area contributed by atoms with E-state index in [2.05, 4.69) is 9.88 Å². The van der Waals surface area contributed by atoms with Crippen molar-refractivity contribution in [3.05, 3.63) is 36.0 Å². The maximum Gasteiger partial charge on any atom is 0.228 e. The van der Waals surface area contributed by atoms with E-state index in [1.807, 2.05) is 29.2 Å². The number of hydrogen-bond donors (Lipinski definition) is 0. The van der Waals surface area contributed by atoms with E-state index >= 15 is 0 Å². The van der Waals surface area contributed by atoms with Crippen molar-refractivity contribution < 1.29 is 27.4 Å². The Morgan fingerprint density at radius 3 is 2.77 bits per heavy atom. The Bertz CT molecular complexity index is 1210. The zero-order chi connectivity index (χ0) is 24.6. The van der Waals surface area contributed by atoms with E-state index in [4.69, 9.17) is 14.2 Å². The summed E-state index contributed by atoms with van der Waals surface area (Å²) in [6.07, 6.45) is 5.28. The molecule has 0 N–H and O–H groups in total. The van der Waals surface area contributed by atoms with Gasteiger partial charge in [-0.3, -0.25) is 4.79 Å². The number of carbonyl (C=O) groups excluding carboxylic acids is 1. The standard InChI is InChI=1S/C25H31N3O6S/c1-17-12-19(14-26-24(17)35(2,30)31)28-9-11-33-23-6-5-20(13-22(23)28)34-21-7-8-27(15-21)25(29)18-4-3-10-32-16-18/h5-6,12-14,18,21H,3-4,7-11,15-16H2,1-2H3/t18?,21-/m0/s1. The summed E-state index contributed by atoms with van der Waals surface area (Å²) in [5.41, 5.74) is 2.24. The van der Waals surface area contributed by atoms with Crippen LogP contribution < -0.4 is 14.4 Å². The van der Waals surface area contributed by atoms with Gasteiger partial charge in [0.2, 0.25) is 5.91 Å².